The molecule has 2 N–H and O–H groups in total. The van der Waals surface area contributed by atoms with Crippen molar-refractivity contribution in [1.82, 2.24) is 10.2 Å². The fourth-order valence-corrected chi connectivity index (χ4v) is 2.22. The van der Waals surface area contributed by atoms with Crippen molar-refractivity contribution in [2.45, 2.75) is 39.2 Å². The molecule has 0 unspecified atom stereocenters. The van der Waals surface area contributed by atoms with Crippen LogP contribution in [0.3, 0.4) is 0 Å². The zero-order valence-corrected chi connectivity index (χ0v) is 12.4. The van der Waals surface area contributed by atoms with Gasteiger partial charge in [-0.3, -0.25) is 14.5 Å². The lowest BCUT2D eigenvalue weighted by Crippen LogP contribution is -2.43. The van der Waals surface area contributed by atoms with Gasteiger partial charge in [0, 0.05) is 13.2 Å². The summed E-state index contributed by atoms with van der Waals surface area (Å²) in [6, 6.07) is -0.511. The standard InChI is InChI=1S/C14H26N2O4/c1-11(2)5-8-20-9-6-15-13(17)10-16-7-3-4-12(16)14(18)19/h11-12H,3-10H2,1-2H3,(H,15,17)(H,18,19)/t12-/m1/s1. The first-order valence-electron chi connectivity index (χ1n) is 7.32. The lowest BCUT2D eigenvalue weighted by Gasteiger charge is -2.20. The number of amides is 1. The first kappa shape index (κ1) is 16.9. The van der Waals surface area contributed by atoms with E-state index in [0.717, 1.165) is 12.8 Å². The van der Waals surface area contributed by atoms with Gasteiger partial charge >= 0.3 is 5.97 Å². The second kappa shape index (κ2) is 8.92. The van der Waals surface area contributed by atoms with Gasteiger partial charge in [0.15, 0.2) is 0 Å². The van der Waals surface area contributed by atoms with Crippen molar-refractivity contribution in [3.8, 4) is 0 Å². The molecule has 116 valence electrons. The molecule has 1 atom stereocenters. The van der Waals surface area contributed by atoms with Crippen LogP contribution in [0, 0.1) is 5.92 Å². The molecule has 1 rings (SSSR count). The average molecular weight is 286 g/mol. The Bertz CT molecular complexity index is 320. The molecule has 1 heterocycles. The van der Waals surface area contributed by atoms with E-state index in [-0.39, 0.29) is 12.5 Å². The molecular weight excluding hydrogens is 260 g/mol. The Morgan fingerprint density at radius 3 is 2.80 bits per heavy atom. The summed E-state index contributed by atoms with van der Waals surface area (Å²) >= 11 is 0. The van der Waals surface area contributed by atoms with Crippen molar-refractivity contribution in [1.29, 1.82) is 0 Å². The van der Waals surface area contributed by atoms with Crippen molar-refractivity contribution in [3.63, 3.8) is 0 Å². The molecule has 0 aromatic heterocycles. The van der Waals surface area contributed by atoms with Crippen LogP contribution in [0.4, 0.5) is 0 Å². The van der Waals surface area contributed by atoms with Gasteiger partial charge in [0.1, 0.15) is 6.04 Å². The summed E-state index contributed by atoms with van der Waals surface area (Å²) in [6.45, 7) is 6.79. The Kier molecular flexibility index (Phi) is 7.54. The fraction of sp³-hybridized carbons (Fsp3) is 0.857. The van der Waals surface area contributed by atoms with Crippen LogP contribution < -0.4 is 5.32 Å². The number of nitrogens with zero attached hydrogens (tertiary/aromatic N) is 1. The van der Waals surface area contributed by atoms with Gasteiger partial charge in [0.2, 0.25) is 5.91 Å². The van der Waals surface area contributed by atoms with Gasteiger partial charge in [-0.05, 0) is 31.7 Å². The molecule has 0 spiro atoms. The van der Waals surface area contributed by atoms with E-state index in [9.17, 15) is 9.59 Å². The molecule has 0 aromatic carbocycles. The third-order valence-corrected chi connectivity index (χ3v) is 3.40. The van der Waals surface area contributed by atoms with Gasteiger partial charge in [-0.25, -0.2) is 0 Å². The minimum atomic E-state index is -0.840. The van der Waals surface area contributed by atoms with Crippen LogP contribution in [0.5, 0.6) is 0 Å². The largest absolute Gasteiger partial charge is 0.480 e. The molecule has 6 heteroatoms. The average Bonchev–Trinajstić information content (AvgIpc) is 2.81. The third-order valence-electron chi connectivity index (χ3n) is 3.40. The Morgan fingerprint density at radius 2 is 2.15 bits per heavy atom. The van der Waals surface area contributed by atoms with E-state index in [1.54, 1.807) is 4.90 Å². The van der Waals surface area contributed by atoms with Gasteiger partial charge < -0.3 is 15.2 Å². The summed E-state index contributed by atoms with van der Waals surface area (Å²) in [5.74, 6) is -0.356. The maximum absolute atomic E-state index is 11.7. The predicted molar refractivity (Wildman–Crippen MR) is 75.5 cm³/mol. The maximum Gasteiger partial charge on any atom is 0.320 e. The molecule has 0 aromatic rings. The van der Waals surface area contributed by atoms with Gasteiger partial charge in [0.05, 0.1) is 13.2 Å². The second-order valence-electron chi connectivity index (χ2n) is 5.61. The number of carboxylic acids is 1. The van der Waals surface area contributed by atoms with Crippen molar-refractivity contribution < 1.29 is 19.4 Å². The highest BCUT2D eigenvalue weighted by Crippen LogP contribution is 2.16. The zero-order valence-electron chi connectivity index (χ0n) is 12.4. The van der Waals surface area contributed by atoms with Crippen LogP contribution in [-0.2, 0) is 14.3 Å². The molecule has 0 radical (unpaired) electrons. The normalized spacial score (nSPS) is 19.4. The van der Waals surface area contributed by atoms with Crippen molar-refractivity contribution >= 4 is 11.9 Å². The summed E-state index contributed by atoms with van der Waals surface area (Å²) in [6.07, 6.45) is 2.48. The minimum Gasteiger partial charge on any atom is -0.480 e. The molecule has 1 saturated heterocycles. The van der Waals surface area contributed by atoms with E-state index in [4.69, 9.17) is 9.84 Å². The Hall–Kier alpha value is -1.14. The summed E-state index contributed by atoms with van der Waals surface area (Å²) in [5.41, 5.74) is 0. The fourth-order valence-electron chi connectivity index (χ4n) is 2.22. The molecule has 0 bridgehead atoms. The molecule has 6 nitrogen and oxygen atoms in total. The van der Waals surface area contributed by atoms with Crippen LogP contribution in [0.2, 0.25) is 0 Å². The molecule has 1 aliphatic rings. The van der Waals surface area contributed by atoms with E-state index in [0.29, 0.717) is 38.6 Å². The second-order valence-corrected chi connectivity index (χ2v) is 5.61. The summed E-state index contributed by atoms with van der Waals surface area (Å²) in [4.78, 5) is 24.4. The van der Waals surface area contributed by atoms with Gasteiger partial charge in [-0.2, -0.15) is 0 Å². The lowest BCUT2D eigenvalue weighted by atomic mass is 10.1. The number of hydrogen-bond acceptors (Lipinski definition) is 4. The van der Waals surface area contributed by atoms with E-state index < -0.39 is 12.0 Å². The monoisotopic (exact) mass is 286 g/mol. The topological polar surface area (TPSA) is 78.9 Å². The highest BCUT2D eigenvalue weighted by Gasteiger charge is 2.31. The summed E-state index contributed by atoms with van der Waals surface area (Å²) < 4.78 is 5.40. The van der Waals surface area contributed by atoms with Crippen LogP contribution in [0.1, 0.15) is 33.1 Å². The highest BCUT2D eigenvalue weighted by atomic mass is 16.5. The number of aliphatic carboxylic acids is 1. The number of likely N-dealkylation sites (tertiary alicyclic amines) is 1. The lowest BCUT2D eigenvalue weighted by molar-refractivity contribution is -0.142. The number of carbonyl (C=O) groups is 2. The molecular formula is C14H26N2O4. The third kappa shape index (κ3) is 6.34. The van der Waals surface area contributed by atoms with E-state index in [1.165, 1.54) is 0 Å². The van der Waals surface area contributed by atoms with Crippen LogP contribution in [0.25, 0.3) is 0 Å². The molecule has 0 aliphatic carbocycles. The highest BCUT2D eigenvalue weighted by molar-refractivity contribution is 5.80. The number of ether oxygens (including phenoxy) is 1. The maximum atomic E-state index is 11.7. The van der Waals surface area contributed by atoms with Crippen LogP contribution in [-0.4, -0.2) is 60.8 Å². The summed E-state index contributed by atoms with van der Waals surface area (Å²) in [5, 5.41) is 11.8. The van der Waals surface area contributed by atoms with Gasteiger partial charge in [-0.15, -0.1) is 0 Å². The first-order valence-corrected chi connectivity index (χ1v) is 7.32. The number of hydrogen-bond donors (Lipinski definition) is 2. The van der Waals surface area contributed by atoms with Gasteiger partial charge in [-0.1, -0.05) is 13.8 Å². The number of rotatable bonds is 9. The van der Waals surface area contributed by atoms with Crippen molar-refractivity contribution in [3.05, 3.63) is 0 Å². The molecule has 1 amide bonds. The minimum absolute atomic E-state index is 0.134. The number of carboxylic acid groups (broad SMARTS) is 1. The molecule has 1 fully saturated rings. The zero-order chi connectivity index (χ0) is 15.0. The Balaban J connectivity index is 2.10. The van der Waals surface area contributed by atoms with Gasteiger partial charge in [0.25, 0.3) is 0 Å². The summed E-state index contributed by atoms with van der Waals surface area (Å²) in [7, 11) is 0. The van der Waals surface area contributed by atoms with Crippen molar-refractivity contribution in [2.75, 3.05) is 32.8 Å². The quantitative estimate of drug-likeness (QED) is 0.610. The molecule has 20 heavy (non-hydrogen) atoms. The van der Waals surface area contributed by atoms with Crippen LogP contribution >= 0.6 is 0 Å². The predicted octanol–water partition coefficient (Wildman–Crippen LogP) is 0.714. The number of carbonyl (C=O) groups excluding carboxylic acids is 1. The Labute approximate surface area is 120 Å². The number of nitrogens with one attached hydrogen (secondary N) is 1. The molecule has 0 saturated carbocycles. The SMILES string of the molecule is CC(C)CCOCCNC(=O)CN1CCC[C@@H]1C(=O)O. The molecule has 1 aliphatic heterocycles. The van der Waals surface area contributed by atoms with Crippen molar-refractivity contribution in [2.24, 2.45) is 5.92 Å². The smallest absolute Gasteiger partial charge is 0.320 e. The first-order chi connectivity index (χ1) is 9.50. The van der Waals surface area contributed by atoms with Crippen LogP contribution in [0.15, 0.2) is 0 Å². The van der Waals surface area contributed by atoms with E-state index in [1.807, 2.05) is 0 Å². The Morgan fingerprint density at radius 1 is 1.40 bits per heavy atom. The van der Waals surface area contributed by atoms with E-state index >= 15 is 0 Å². The van der Waals surface area contributed by atoms with E-state index in [2.05, 4.69) is 19.2 Å².